The Hall–Kier alpha value is -3.45. The lowest BCUT2D eigenvalue weighted by Crippen LogP contribution is -2.40. The van der Waals surface area contributed by atoms with E-state index in [1.807, 2.05) is 31.2 Å². The summed E-state index contributed by atoms with van der Waals surface area (Å²) < 4.78 is 8.17. The number of fused-ring (bicyclic) bond motifs is 1. The smallest absolute Gasteiger partial charge is 0.332 e. The van der Waals surface area contributed by atoms with E-state index in [0.717, 1.165) is 11.1 Å². The highest BCUT2D eigenvalue weighted by molar-refractivity contribution is 7.17. The summed E-state index contributed by atoms with van der Waals surface area (Å²) in [5.41, 5.74) is 2.08. The van der Waals surface area contributed by atoms with Crippen molar-refractivity contribution >= 4 is 27.3 Å². The maximum atomic E-state index is 13.2. The van der Waals surface area contributed by atoms with Gasteiger partial charge in [-0.2, -0.15) is 0 Å². The topological polar surface area (TPSA) is 70.3 Å². The van der Waals surface area contributed by atoms with Gasteiger partial charge in [0.05, 0.1) is 25.7 Å². The fourth-order valence-corrected chi connectivity index (χ4v) is 4.16. The molecule has 0 fully saturated rings. The zero-order chi connectivity index (χ0) is 21.3. The Morgan fingerprint density at radius 2 is 1.67 bits per heavy atom. The SMILES string of the molecule is COc1ccc(C(=O)Cn2c(=O)n(Cc3ccc(C)cc3)c(=O)c3sccc32)cc1. The van der Waals surface area contributed by atoms with Crippen LogP contribution < -0.4 is 16.0 Å². The van der Waals surface area contributed by atoms with Gasteiger partial charge in [-0.25, -0.2) is 4.79 Å². The lowest BCUT2D eigenvalue weighted by Gasteiger charge is -2.12. The van der Waals surface area contributed by atoms with Gasteiger partial charge in [0, 0.05) is 5.56 Å². The number of ketones is 1. The molecule has 0 spiro atoms. The van der Waals surface area contributed by atoms with Crippen LogP contribution in [0.5, 0.6) is 5.75 Å². The van der Waals surface area contributed by atoms with Crippen molar-refractivity contribution in [2.45, 2.75) is 20.0 Å². The molecule has 0 N–H and O–H groups in total. The number of hydrogen-bond acceptors (Lipinski definition) is 5. The van der Waals surface area contributed by atoms with Crippen molar-refractivity contribution in [3.8, 4) is 5.75 Å². The minimum atomic E-state index is -0.492. The van der Waals surface area contributed by atoms with Gasteiger partial charge in [-0.3, -0.25) is 18.7 Å². The summed E-state index contributed by atoms with van der Waals surface area (Å²) >= 11 is 1.27. The van der Waals surface area contributed by atoms with E-state index >= 15 is 0 Å². The van der Waals surface area contributed by atoms with Crippen molar-refractivity contribution < 1.29 is 9.53 Å². The van der Waals surface area contributed by atoms with Crippen LogP contribution in [0.4, 0.5) is 0 Å². The van der Waals surface area contributed by atoms with Crippen molar-refractivity contribution in [1.82, 2.24) is 9.13 Å². The summed E-state index contributed by atoms with van der Waals surface area (Å²) in [7, 11) is 1.56. The molecule has 6 nitrogen and oxygen atoms in total. The summed E-state index contributed by atoms with van der Waals surface area (Å²) in [4.78, 5) is 39.0. The van der Waals surface area contributed by atoms with Crippen LogP contribution in [0.25, 0.3) is 10.2 Å². The largest absolute Gasteiger partial charge is 0.497 e. The number of hydrogen-bond donors (Lipinski definition) is 0. The quantitative estimate of drug-likeness (QED) is 0.448. The molecule has 0 saturated heterocycles. The predicted molar refractivity (Wildman–Crippen MR) is 118 cm³/mol. The fourth-order valence-electron chi connectivity index (χ4n) is 3.31. The molecule has 0 aliphatic rings. The number of aromatic nitrogens is 2. The minimum Gasteiger partial charge on any atom is -0.497 e. The molecule has 2 aromatic heterocycles. The zero-order valence-electron chi connectivity index (χ0n) is 16.6. The number of carbonyl (C=O) groups excluding carboxylic acids is 1. The van der Waals surface area contributed by atoms with Crippen LogP contribution in [0, 0.1) is 6.92 Å². The van der Waals surface area contributed by atoms with Gasteiger partial charge in [-0.15, -0.1) is 11.3 Å². The van der Waals surface area contributed by atoms with E-state index in [0.29, 0.717) is 21.5 Å². The number of benzene rings is 2. The first-order valence-electron chi connectivity index (χ1n) is 9.41. The Morgan fingerprint density at radius 3 is 2.33 bits per heavy atom. The Morgan fingerprint density at radius 1 is 0.967 bits per heavy atom. The molecule has 152 valence electrons. The number of rotatable bonds is 6. The molecular formula is C23H20N2O4S. The highest BCUT2D eigenvalue weighted by Crippen LogP contribution is 2.17. The van der Waals surface area contributed by atoms with E-state index < -0.39 is 5.69 Å². The Balaban J connectivity index is 1.76. The van der Waals surface area contributed by atoms with Gasteiger partial charge in [0.25, 0.3) is 5.56 Å². The van der Waals surface area contributed by atoms with Crippen molar-refractivity contribution in [1.29, 1.82) is 0 Å². The van der Waals surface area contributed by atoms with E-state index in [1.165, 1.54) is 20.5 Å². The van der Waals surface area contributed by atoms with E-state index in [2.05, 4.69) is 0 Å². The number of methoxy groups -OCH3 is 1. The number of carbonyl (C=O) groups is 1. The fraction of sp³-hybridized carbons (Fsp3) is 0.174. The number of ether oxygens (including phenoxy) is 1. The van der Waals surface area contributed by atoms with Gasteiger partial charge in [-0.1, -0.05) is 29.8 Å². The normalized spacial score (nSPS) is 11.0. The molecule has 0 saturated carbocycles. The lowest BCUT2D eigenvalue weighted by molar-refractivity contribution is 0.0971. The van der Waals surface area contributed by atoms with Crippen LogP contribution in [0.15, 0.2) is 69.6 Å². The predicted octanol–water partition coefficient (Wildman–Crippen LogP) is 3.47. The Labute approximate surface area is 176 Å². The molecule has 2 heterocycles. The maximum absolute atomic E-state index is 13.2. The van der Waals surface area contributed by atoms with Gasteiger partial charge in [-0.05, 0) is 48.2 Å². The van der Waals surface area contributed by atoms with Gasteiger partial charge < -0.3 is 4.74 Å². The second kappa shape index (κ2) is 8.12. The third kappa shape index (κ3) is 3.71. The van der Waals surface area contributed by atoms with Crippen LogP contribution in [0.3, 0.4) is 0 Å². The number of aryl methyl sites for hydroxylation is 1. The van der Waals surface area contributed by atoms with E-state index in [4.69, 9.17) is 4.74 Å². The van der Waals surface area contributed by atoms with Crippen molar-refractivity contribution in [3.63, 3.8) is 0 Å². The lowest BCUT2D eigenvalue weighted by atomic mass is 10.1. The number of nitrogens with zero attached hydrogens (tertiary/aromatic N) is 2. The average molecular weight is 420 g/mol. The summed E-state index contributed by atoms with van der Waals surface area (Å²) in [6.45, 7) is 1.99. The summed E-state index contributed by atoms with van der Waals surface area (Å²) in [5, 5.41) is 1.76. The molecule has 7 heteroatoms. The molecule has 2 aromatic carbocycles. The molecule has 0 radical (unpaired) electrons. The molecule has 0 aliphatic carbocycles. The number of thiophene rings is 1. The first kappa shape index (κ1) is 19.8. The second-order valence-corrected chi connectivity index (χ2v) is 7.95. The third-order valence-corrected chi connectivity index (χ3v) is 5.90. The first-order chi connectivity index (χ1) is 14.5. The van der Waals surface area contributed by atoms with Crippen LogP contribution in [0.1, 0.15) is 21.5 Å². The van der Waals surface area contributed by atoms with Crippen LogP contribution in [-0.2, 0) is 13.1 Å². The second-order valence-electron chi connectivity index (χ2n) is 7.03. The van der Waals surface area contributed by atoms with Crippen molar-refractivity contribution in [2.75, 3.05) is 7.11 Å². The summed E-state index contributed by atoms with van der Waals surface area (Å²) in [6.07, 6.45) is 0. The highest BCUT2D eigenvalue weighted by Gasteiger charge is 2.17. The van der Waals surface area contributed by atoms with E-state index in [-0.39, 0.29) is 24.4 Å². The summed E-state index contributed by atoms with van der Waals surface area (Å²) in [6, 6.07) is 16.1. The average Bonchev–Trinajstić information content (AvgIpc) is 3.25. The first-order valence-corrected chi connectivity index (χ1v) is 10.3. The van der Waals surface area contributed by atoms with Gasteiger partial charge >= 0.3 is 5.69 Å². The maximum Gasteiger partial charge on any atom is 0.332 e. The molecule has 0 amide bonds. The van der Waals surface area contributed by atoms with Crippen LogP contribution >= 0.6 is 11.3 Å². The van der Waals surface area contributed by atoms with Gasteiger partial charge in [0.15, 0.2) is 5.78 Å². The van der Waals surface area contributed by atoms with E-state index in [1.54, 1.807) is 42.8 Å². The Bertz CT molecular complexity index is 1330. The molecule has 0 unspecified atom stereocenters. The van der Waals surface area contributed by atoms with Gasteiger partial charge in [0.1, 0.15) is 10.4 Å². The van der Waals surface area contributed by atoms with E-state index in [9.17, 15) is 14.4 Å². The third-order valence-electron chi connectivity index (χ3n) is 5.01. The molecule has 0 bridgehead atoms. The Kier molecular flexibility index (Phi) is 5.37. The van der Waals surface area contributed by atoms with Crippen molar-refractivity contribution in [2.24, 2.45) is 0 Å². The van der Waals surface area contributed by atoms with Crippen LogP contribution in [0.2, 0.25) is 0 Å². The monoisotopic (exact) mass is 420 g/mol. The standard InChI is InChI=1S/C23H20N2O4S/c1-15-3-5-16(6-4-15)13-25-22(27)21-19(11-12-30-21)24(23(25)28)14-20(26)17-7-9-18(29-2)10-8-17/h3-12H,13-14H2,1-2H3. The summed E-state index contributed by atoms with van der Waals surface area (Å²) in [5.74, 6) is 0.434. The highest BCUT2D eigenvalue weighted by atomic mass is 32.1. The molecule has 4 rings (SSSR count). The number of Topliss-reactive ketones (excluding diaryl/α,β-unsaturated/α-hetero) is 1. The molecule has 0 atom stereocenters. The minimum absolute atomic E-state index is 0.146. The molecular weight excluding hydrogens is 400 g/mol. The zero-order valence-corrected chi connectivity index (χ0v) is 17.4. The van der Waals surface area contributed by atoms with Crippen LogP contribution in [-0.4, -0.2) is 22.0 Å². The van der Waals surface area contributed by atoms with Crippen molar-refractivity contribution in [3.05, 3.63) is 97.5 Å². The molecule has 4 aromatic rings. The molecule has 30 heavy (non-hydrogen) atoms. The van der Waals surface area contributed by atoms with Gasteiger partial charge in [0.2, 0.25) is 0 Å². The molecule has 0 aliphatic heterocycles.